The monoisotopic (exact) mass is 319 g/mol. The van der Waals surface area contributed by atoms with Crippen molar-refractivity contribution < 1.29 is 9.59 Å². The minimum absolute atomic E-state index is 0. The average Bonchev–Trinajstić information content (AvgIpc) is 2.41. The van der Waals surface area contributed by atoms with Crippen molar-refractivity contribution >= 4 is 24.2 Å². The predicted octanol–water partition coefficient (Wildman–Crippen LogP) is 1.45. The van der Waals surface area contributed by atoms with Crippen molar-refractivity contribution in [2.75, 3.05) is 19.6 Å². The summed E-state index contributed by atoms with van der Waals surface area (Å²) in [5.41, 5.74) is 5.54. The quantitative estimate of drug-likeness (QED) is 0.717. The van der Waals surface area contributed by atoms with Crippen LogP contribution in [-0.4, -0.2) is 31.4 Å². The molecule has 0 spiro atoms. The topological polar surface area (TPSA) is 84.2 Å². The molecule has 1 fully saturated rings. The van der Waals surface area contributed by atoms with Crippen molar-refractivity contribution in [2.24, 2.45) is 23.0 Å². The first-order valence-corrected chi connectivity index (χ1v) is 7.56. The van der Waals surface area contributed by atoms with Gasteiger partial charge in [-0.25, -0.2) is 0 Å². The first kappa shape index (κ1) is 20.2. The van der Waals surface area contributed by atoms with E-state index in [-0.39, 0.29) is 37.3 Å². The Morgan fingerprint density at radius 1 is 1.05 bits per heavy atom. The number of rotatable bonds is 5. The fourth-order valence-corrected chi connectivity index (χ4v) is 2.80. The van der Waals surface area contributed by atoms with Gasteiger partial charge in [-0.05, 0) is 42.9 Å². The van der Waals surface area contributed by atoms with Crippen LogP contribution in [0.15, 0.2) is 0 Å². The van der Waals surface area contributed by atoms with E-state index in [2.05, 4.69) is 31.4 Å². The third-order valence-corrected chi connectivity index (χ3v) is 4.29. The van der Waals surface area contributed by atoms with E-state index in [0.717, 1.165) is 5.92 Å². The van der Waals surface area contributed by atoms with E-state index >= 15 is 0 Å². The van der Waals surface area contributed by atoms with Crippen molar-refractivity contribution in [2.45, 2.75) is 46.5 Å². The molecule has 124 valence electrons. The average molecular weight is 320 g/mol. The molecule has 1 saturated carbocycles. The molecule has 1 aliphatic carbocycles. The lowest BCUT2D eigenvalue weighted by Crippen LogP contribution is -2.41. The number of halogens is 1. The van der Waals surface area contributed by atoms with E-state index in [9.17, 15) is 9.59 Å². The fourth-order valence-electron chi connectivity index (χ4n) is 2.80. The van der Waals surface area contributed by atoms with Gasteiger partial charge in [0.05, 0.1) is 13.1 Å². The van der Waals surface area contributed by atoms with Gasteiger partial charge in [-0.3, -0.25) is 9.59 Å². The van der Waals surface area contributed by atoms with Crippen LogP contribution in [0, 0.1) is 17.3 Å². The van der Waals surface area contributed by atoms with Crippen molar-refractivity contribution in [3.05, 3.63) is 0 Å². The van der Waals surface area contributed by atoms with E-state index in [1.165, 1.54) is 25.7 Å². The molecular formula is C15H30ClN3O2. The van der Waals surface area contributed by atoms with Gasteiger partial charge in [-0.15, -0.1) is 12.4 Å². The molecule has 0 aromatic rings. The van der Waals surface area contributed by atoms with Crippen molar-refractivity contribution in [1.82, 2.24) is 10.6 Å². The Morgan fingerprint density at radius 3 is 2.10 bits per heavy atom. The van der Waals surface area contributed by atoms with Crippen molar-refractivity contribution in [3.63, 3.8) is 0 Å². The molecule has 0 unspecified atom stereocenters. The van der Waals surface area contributed by atoms with Crippen LogP contribution in [0.2, 0.25) is 0 Å². The maximum atomic E-state index is 11.6. The van der Waals surface area contributed by atoms with Crippen LogP contribution >= 0.6 is 12.4 Å². The molecule has 0 aromatic carbocycles. The zero-order valence-electron chi connectivity index (χ0n) is 13.4. The Balaban J connectivity index is 0.00000400. The van der Waals surface area contributed by atoms with Gasteiger partial charge < -0.3 is 16.4 Å². The van der Waals surface area contributed by atoms with Crippen molar-refractivity contribution in [1.29, 1.82) is 0 Å². The molecule has 2 amide bonds. The third-order valence-electron chi connectivity index (χ3n) is 4.29. The molecule has 6 heteroatoms. The summed E-state index contributed by atoms with van der Waals surface area (Å²) >= 11 is 0. The van der Waals surface area contributed by atoms with Crippen LogP contribution in [0.5, 0.6) is 0 Å². The zero-order chi connectivity index (χ0) is 15.2. The highest BCUT2D eigenvalue weighted by atomic mass is 35.5. The smallest absolute Gasteiger partial charge is 0.239 e. The Bertz CT molecular complexity index is 334. The maximum Gasteiger partial charge on any atom is 0.239 e. The summed E-state index contributed by atoms with van der Waals surface area (Å²) in [5, 5.41) is 5.36. The molecule has 0 radical (unpaired) electrons. The molecule has 21 heavy (non-hydrogen) atoms. The molecule has 0 bridgehead atoms. The summed E-state index contributed by atoms with van der Waals surface area (Å²) in [6, 6.07) is 0. The summed E-state index contributed by atoms with van der Waals surface area (Å²) in [5.74, 6) is 0.927. The predicted molar refractivity (Wildman–Crippen MR) is 87.2 cm³/mol. The van der Waals surface area contributed by atoms with Gasteiger partial charge >= 0.3 is 0 Å². The molecule has 5 nitrogen and oxygen atoms in total. The van der Waals surface area contributed by atoms with Crippen LogP contribution in [0.3, 0.4) is 0 Å². The van der Waals surface area contributed by atoms with Gasteiger partial charge in [0, 0.05) is 6.54 Å². The molecule has 0 atom stereocenters. The number of hydrogen-bond acceptors (Lipinski definition) is 3. The summed E-state index contributed by atoms with van der Waals surface area (Å²) < 4.78 is 0. The molecule has 1 aliphatic rings. The summed E-state index contributed by atoms with van der Waals surface area (Å²) in [6.07, 6.45) is 4.84. The highest BCUT2D eigenvalue weighted by Gasteiger charge is 2.29. The first-order valence-electron chi connectivity index (χ1n) is 7.56. The Morgan fingerprint density at radius 2 is 1.62 bits per heavy atom. The number of nitrogens with one attached hydrogen (secondary N) is 2. The van der Waals surface area contributed by atoms with Crippen LogP contribution < -0.4 is 16.4 Å². The molecule has 0 aliphatic heterocycles. The number of nitrogens with two attached hydrogens (primary N) is 1. The van der Waals surface area contributed by atoms with E-state index in [1.54, 1.807) is 0 Å². The van der Waals surface area contributed by atoms with Crippen LogP contribution in [-0.2, 0) is 9.59 Å². The van der Waals surface area contributed by atoms with E-state index in [0.29, 0.717) is 17.9 Å². The van der Waals surface area contributed by atoms with Gasteiger partial charge in [0.15, 0.2) is 0 Å². The second-order valence-electron chi connectivity index (χ2n) is 6.87. The minimum atomic E-state index is -0.300. The summed E-state index contributed by atoms with van der Waals surface area (Å²) in [6.45, 7) is 7.57. The molecule has 4 N–H and O–H groups in total. The lowest BCUT2D eigenvalue weighted by atomic mass is 9.70. The Kier molecular flexibility index (Phi) is 8.90. The third kappa shape index (κ3) is 7.67. The van der Waals surface area contributed by atoms with Gasteiger partial charge in [-0.1, -0.05) is 20.8 Å². The minimum Gasteiger partial charge on any atom is -0.354 e. The maximum absolute atomic E-state index is 11.6. The van der Waals surface area contributed by atoms with E-state index in [4.69, 9.17) is 5.73 Å². The normalized spacial score (nSPS) is 22.1. The lowest BCUT2D eigenvalue weighted by molar-refractivity contribution is -0.125. The van der Waals surface area contributed by atoms with Gasteiger partial charge in [0.1, 0.15) is 0 Å². The van der Waals surface area contributed by atoms with Crippen LogP contribution in [0.1, 0.15) is 46.5 Å². The largest absolute Gasteiger partial charge is 0.354 e. The SMILES string of the molecule is CC(C)(C)C1CCC(CNC(=O)CNC(=O)CN)CC1.Cl. The number of carbonyl (C=O) groups is 2. The standard InChI is InChI=1S/C15H29N3O2.ClH/c1-15(2,3)12-6-4-11(5-7-12)9-17-14(20)10-18-13(19)8-16;/h11-12H,4-10,16H2,1-3H3,(H,17,20)(H,18,19);1H. The molecule has 0 saturated heterocycles. The zero-order valence-corrected chi connectivity index (χ0v) is 14.2. The number of carbonyl (C=O) groups excluding carboxylic acids is 2. The highest BCUT2D eigenvalue weighted by Crippen LogP contribution is 2.39. The second-order valence-corrected chi connectivity index (χ2v) is 6.87. The molecule has 0 aromatic heterocycles. The van der Waals surface area contributed by atoms with Crippen LogP contribution in [0.4, 0.5) is 0 Å². The molecular weight excluding hydrogens is 290 g/mol. The van der Waals surface area contributed by atoms with Crippen molar-refractivity contribution in [3.8, 4) is 0 Å². The Hall–Kier alpha value is -0.810. The van der Waals surface area contributed by atoms with Crippen LogP contribution in [0.25, 0.3) is 0 Å². The van der Waals surface area contributed by atoms with Gasteiger partial charge in [0.2, 0.25) is 11.8 Å². The number of hydrogen-bond donors (Lipinski definition) is 3. The molecule has 1 rings (SSSR count). The summed E-state index contributed by atoms with van der Waals surface area (Å²) in [4.78, 5) is 22.5. The molecule has 0 heterocycles. The number of amides is 2. The van der Waals surface area contributed by atoms with Gasteiger partial charge in [0.25, 0.3) is 0 Å². The van der Waals surface area contributed by atoms with E-state index < -0.39 is 0 Å². The second kappa shape index (κ2) is 9.26. The van der Waals surface area contributed by atoms with Gasteiger partial charge in [-0.2, -0.15) is 0 Å². The fraction of sp³-hybridized carbons (Fsp3) is 0.867. The summed E-state index contributed by atoms with van der Waals surface area (Å²) in [7, 11) is 0. The van der Waals surface area contributed by atoms with E-state index in [1.807, 2.05) is 0 Å². The first-order chi connectivity index (χ1) is 9.32. The lowest BCUT2D eigenvalue weighted by Gasteiger charge is -2.37. The highest BCUT2D eigenvalue weighted by molar-refractivity contribution is 5.85. The Labute approximate surface area is 134 Å².